The Balaban J connectivity index is 0.00000122. The van der Waals surface area contributed by atoms with Gasteiger partial charge in [-0.2, -0.15) is 0 Å². The molecule has 6 rings (SSSR count). The first-order valence-corrected chi connectivity index (χ1v) is 13.7. The van der Waals surface area contributed by atoms with E-state index in [4.69, 9.17) is 0 Å². The summed E-state index contributed by atoms with van der Waals surface area (Å²) in [5.74, 6) is 0. The summed E-state index contributed by atoms with van der Waals surface area (Å²) in [5.41, 5.74) is 6.08. The van der Waals surface area contributed by atoms with Crippen molar-refractivity contribution in [1.29, 1.82) is 0 Å². The summed E-state index contributed by atoms with van der Waals surface area (Å²) in [5, 5.41) is 7.69. The van der Waals surface area contributed by atoms with Gasteiger partial charge in [-0.1, -0.05) is 0 Å². The van der Waals surface area contributed by atoms with Gasteiger partial charge in [0.2, 0.25) is 0 Å². The molecule has 0 saturated carbocycles. The second kappa shape index (κ2) is 9.38. The van der Waals surface area contributed by atoms with E-state index in [1.165, 1.54) is 28.3 Å². The number of fused-ring (bicyclic) bond motifs is 4. The van der Waals surface area contributed by atoms with Crippen LogP contribution in [0, 0.1) is 0 Å². The molecule has 0 amide bonds. The summed E-state index contributed by atoms with van der Waals surface area (Å²) in [6.07, 6.45) is 6.16. The maximum atomic E-state index is 2.55. The molecule has 0 radical (unpaired) electrons. The predicted molar refractivity (Wildman–Crippen MR) is 129 cm³/mol. The molecule has 3 aromatic carbocycles. The van der Waals surface area contributed by atoms with Crippen molar-refractivity contribution >= 4 is 39.9 Å². The topological polar surface area (TPSA) is 0 Å². The van der Waals surface area contributed by atoms with Crippen molar-refractivity contribution in [3.63, 3.8) is 0 Å². The van der Waals surface area contributed by atoms with Crippen molar-refractivity contribution in [2.75, 3.05) is 0 Å². The largest absolute Gasteiger partial charge is 1.00 e. The quantitative estimate of drug-likeness (QED) is 0.373. The fourth-order valence-corrected chi connectivity index (χ4v) is 11.2. The second-order valence-electron chi connectivity index (χ2n) is 8.34. The van der Waals surface area contributed by atoms with Gasteiger partial charge in [0.05, 0.1) is 0 Å². The molecular formula is C28H23Cl2PTi. The van der Waals surface area contributed by atoms with E-state index in [0.717, 1.165) is 0 Å². The average molecular weight is 509 g/mol. The molecule has 158 valence electrons. The van der Waals surface area contributed by atoms with E-state index in [1.807, 2.05) is 0 Å². The summed E-state index contributed by atoms with van der Waals surface area (Å²) in [7, 11) is -0.456. The van der Waals surface area contributed by atoms with E-state index < -0.39 is 7.53 Å². The molecule has 0 spiro atoms. The van der Waals surface area contributed by atoms with Gasteiger partial charge < -0.3 is 24.8 Å². The van der Waals surface area contributed by atoms with Crippen LogP contribution in [0.15, 0.2) is 93.9 Å². The fraction of sp³-hybridized carbons (Fsp3) is 0.143. The van der Waals surface area contributed by atoms with Crippen LogP contribution in [-0.4, -0.2) is 0 Å². The molecule has 0 N–H and O–H groups in total. The third-order valence-corrected chi connectivity index (χ3v) is 12.6. The van der Waals surface area contributed by atoms with Gasteiger partial charge in [0, 0.05) is 0 Å². The van der Waals surface area contributed by atoms with Gasteiger partial charge in [-0.05, 0) is 0 Å². The number of rotatable bonds is 3. The Kier molecular flexibility index (Phi) is 6.93. The molecule has 0 nitrogen and oxygen atoms in total. The number of benzene rings is 3. The molecule has 0 fully saturated rings. The van der Waals surface area contributed by atoms with Gasteiger partial charge in [-0.3, -0.25) is 0 Å². The third kappa shape index (κ3) is 3.68. The standard InChI is InChI=1S/C21H14P.C7H9.2ClH.Ti/c1-2-8-16-14-17(13-15(16)7-1)22-20-11-5-3-9-18(20)19-10-4-6-12-21(19)22;1-6-4-3-5-7(6)2;;;/h1-14H;4H,3H2,1-2H3;2*1H;/q;;;;+2/p-2. The minimum atomic E-state index is -0.456. The van der Waals surface area contributed by atoms with Crippen LogP contribution >= 0.6 is 7.53 Å². The second-order valence-corrected chi connectivity index (χ2v) is 12.8. The first kappa shape index (κ1) is 23.6. The van der Waals surface area contributed by atoms with Crippen LogP contribution in [0.1, 0.15) is 35.6 Å². The van der Waals surface area contributed by atoms with Gasteiger partial charge in [0.25, 0.3) is 0 Å². The molecule has 0 aliphatic heterocycles. The van der Waals surface area contributed by atoms with E-state index >= 15 is 0 Å². The van der Waals surface area contributed by atoms with E-state index in [2.05, 4.69) is 98.8 Å². The van der Waals surface area contributed by atoms with Crippen LogP contribution < -0.4 is 24.8 Å². The van der Waals surface area contributed by atoms with Crippen molar-refractivity contribution in [3.05, 3.63) is 105 Å². The van der Waals surface area contributed by atoms with E-state index in [-0.39, 0.29) is 44.0 Å². The van der Waals surface area contributed by atoms with Crippen LogP contribution in [0.4, 0.5) is 0 Å². The summed E-state index contributed by atoms with van der Waals surface area (Å²) < 4.78 is 2.35. The summed E-state index contributed by atoms with van der Waals surface area (Å²) >= 11 is -0.272. The van der Waals surface area contributed by atoms with Crippen molar-refractivity contribution in [1.82, 2.24) is 0 Å². The molecular weight excluding hydrogens is 486 g/mol. The third-order valence-electron chi connectivity index (χ3n) is 6.72. The SMILES string of the molecule is CC1=CC[C]([Ti+2][CH]2C(p3c4ccccc4c4ccccc43)=Cc3ccccc32)=C1C.[Cl-].[Cl-]. The van der Waals surface area contributed by atoms with Crippen LogP contribution in [0.3, 0.4) is 0 Å². The monoisotopic (exact) mass is 508 g/mol. The van der Waals surface area contributed by atoms with Crippen LogP contribution in [0.25, 0.3) is 32.4 Å². The molecule has 1 heterocycles. The minimum Gasteiger partial charge on any atom is -1.00 e. The molecule has 0 bridgehead atoms. The van der Waals surface area contributed by atoms with Crippen molar-refractivity contribution < 1.29 is 44.0 Å². The van der Waals surface area contributed by atoms with E-state index in [9.17, 15) is 0 Å². The Morgan fingerprint density at radius 1 is 0.781 bits per heavy atom. The Morgan fingerprint density at radius 3 is 2.00 bits per heavy atom. The molecule has 4 aromatic rings. The predicted octanol–water partition coefficient (Wildman–Crippen LogP) is 2.75. The average Bonchev–Trinajstić information content (AvgIpc) is 3.41. The number of hydrogen-bond acceptors (Lipinski definition) is 0. The Labute approximate surface area is 212 Å². The number of hydrogen-bond donors (Lipinski definition) is 0. The van der Waals surface area contributed by atoms with Crippen LogP contribution in [0.5, 0.6) is 0 Å². The first-order chi connectivity index (χ1) is 14.7. The molecule has 1 unspecified atom stereocenters. The maximum Gasteiger partial charge on any atom is -1.00 e. The molecule has 2 aliphatic carbocycles. The van der Waals surface area contributed by atoms with Crippen LogP contribution in [0.2, 0.25) is 0 Å². The summed E-state index contributed by atoms with van der Waals surface area (Å²) in [6.45, 7) is 4.62. The zero-order chi connectivity index (χ0) is 20.2. The number of allylic oxidation sites excluding steroid dienone is 5. The zero-order valence-corrected chi connectivity index (χ0v) is 22.0. The van der Waals surface area contributed by atoms with Crippen molar-refractivity contribution in [3.8, 4) is 0 Å². The summed E-state index contributed by atoms with van der Waals surface area (Å²) in [6, 6.07) is 27.4. The van der Waals surface area contributed by atoms with Gasteiger partial charge in [-0.15, -0.1) is 0 Å². The van der Waals surface area contributed by atoms with Crippen molar-refractivity contribution in [2.45, 2.75) is 24.5 Å². The van der Waals surface area contributed by atoms with Gasteiger partial charge in [0.15, 0.2) is 0 Å². The molecule has 4 heteroatoms. The van der Waals surface area contributed by atoms with E-state index in [1.54, 1.807) is 30.6 Å². The Bertz CT molecular complexity index is 1370. The Hall–Kier alpha value is -1.53. The Morgan fingerprint density at radius 2 is 1.38 bits per heavy atom. The smallest absolute Gasteiger partial charge is 1.00 e. The van der Waals surface area contributed by atoms with Gasteiger partial charge in [-0.25, -0.2) is 0 Å². The molecule has 1 atom stereocenters. The fourth-order valence-electron chi connectivity index (χ4n) is 4.99. The van der Waals surface area contributed by atoms with Gasteiger partial charge >= 0.3 is 189 Å². The molecule has 1 aromatic heterocycles. The molecule has 32 heavy (non-hydrogen) atoms. The van der Waals surface area contributed by atoms with E-state index in [0.29, 0.717) is 4.22 Å². The van der Waals surface area contributed by atoms with Gasteiger partial charge in [0.1, 0.15) is 0 Å². The maximum absolute atomic E-state index is 2.55. The zero-order valence-electron chi connectivity index (χ0n) is 18.1. The normalized spacial score (nSPS) is 16.9. The first-order valence-electron chi connectivity index (χ1n) is 10.6. The molecule has 0 saturated heterocycles. The van der Waals surface area contributed by atoms with Crippen LogP contribution in [-0.2, 0) is 19.2 Å². The molecule has 2 aliphatic rings. The minimum absolute atomic E-state index is 0. The summed E-state index contributed by atoms with van der Waals surface area (Å²) in [4.78, 5) is 0. The van der Waals surface area contributed by atoms with Crippen molar-refractivity contribution in [2.24, 2.45) is 0 Å². The number of halogens is 2.